The molecule has 0 aliphatic rings. The third kappa shape index (κ3) is 13.6. The number of carbonyl (C=O) groups is 1. The number of aliphatic hydroxyl groups is 1. The highest BCUT2D eigenvalue weighted by Crippen LogP contribution is 2.26. The molecule has 0 saturated heterocycles. The van der Waals surface area contributed by atoms with Gasteiger partial charge in [-0.1, -0.05) is 74.2 Å². The summed E-state index contributed by atoms with van der Waals surface area (Å²) in [7, 11) is 0. The van der Waals surface area contributed by atoms with E-state index in [1.165, 1.54) is 23.8 Å². The molecule has 2 unspecified atom stereocenters. The number of benzene rings is 1. The van der Waals surface area contributed by atoms with Crippen LogP contribution < -0.4 is 5.32 Å². The first-order valence-electron chi connectivity index (χ1n) is 14.2. The number of halogens is 1. The molecule has 1 aromatic rings. The summed E-state index contributed by atoms with van der Waals surface area (Å²) in [4.78, 5) is 25.4. The van der Waals surface area contributed by atoms with Crippen LogP contribution in [0.2, 0.25) is 0 Å². The Morgan fingerprint density at radius 1 is 1.19 bits per heavy atom. The summed E-state index contributed by atoms with van der Waals surface area (Å²) in [5.74, 6) is -0.840. The maximum Gasteiger partial charge on any atom is 0.303 e. The van der Waals surface area contributed by atoms with Gasteiger partial charge in [-0.3, -0.25) is 15.1 Å². The number of hydrogen-bond donors (Lipinski definition) is 3. The van der Waals surface area contributed by atoms with Gasteiger partial charge in [-0.05, 0) is 62.3 Å². The zero-order valence-corrected chi connectivity index (χ0v) is 25.0. The second kappa shape index (κ2) is 21.8. The first kappa shape index (κ1) is 36.1. The van der Waals surface area contributed by atoms with Crippen LogP contribution in [-0.2, 0) is 16.1 Å². The third-order valence-corrected chi connectivity index (χ3v) is 6.30. The van der Waals surface area contributed by atoms with Crippen molar-refractivity contribution in [3.63, 3.8) is 0 Å². The number of nitrogens with one attached hydrogen (secondary N) is 1. The minimum absolute atomic E-state index is 0.0888. The highest BCUT2D eigenvalue weighted by atomic mass is 19.1. The van der Waals surface area contributed by atoms with Crippen molar-refractivity contribution in [3.8, 4) is 0 Å². The lowest BCUT2D eigenvalue weighted by Gasteiger charge is -2.18. The van der Waals surface area contributed by atoms with Crippen LogP contribution in [0.5, 0.6) is 0 Å². The van der Waals surface area contributed by atoms with E-state index in [2.05, 4.69) is 59.7 Å². The van der Waals surface area contributed by atoms with Gasteiger partial charge in [0.25, 0.3) is 0 Å². The summed E-state index contributed by atoms with van der Waals surface area (Å²) in [6.45, 7) is 13.5. The number of unbranched alkanes of at least 4 members (excludes halogenated alkanes) is 2. The molecule has 1 rings (SSSR count). The number of aliphatic carboxylic acids is 1. The van der Waals surface area contributed by atoms with E-state index in [-0.39, 0.29) is 31.3 Å². The predicted molar refractivity (Wildman–Crippen MR) is 171 cm³/mol. The van der Waals surface area contributed by atoms with Crippen molar-refractivity contribution in [2.24, 2.45) is 15.1 Å². The molecule has 0 aliphatic heterocycles. The lowest BCUT2D eigenvalue weighted by Crippen LogP contribution is -2.30. The Morgan fingerprint density at radius 2 is 1.95 bits per heavy atom. The lowest BCUT2D eigenvalue weighted by molar-refractivity contribution is -0.137. The Bertz CT molecular complexity index is 1180. The van der Waals surface area contributed by atoms with Crippen molar-refractivity contribution in [1.82, 2.24) is 5.32 Å². The molecule has 0 radical (unpaired) electrons. The molecule has 42 heavy (non-hydrogen) atoms. The van der Waals surface area contributed by atoms with E-state index in [0.29, 0.717) is 36.4 Å². The van der Waals surface area contributed by atoms with Crippen molar-refractivity contribution in [2.75, 3.05) is 13.1 Å². The van der Waals surface area contributed by atoms with E-state index >= 15 is 0 Å². The van der Waals surface area contributed by atoms with E-state index in [9.17, 15) is 14.3 Å². The van der Waals surface area contributed by atoms with Crippen LogP contribution in [0.15, 0.2) is 99.5 Å². The Kier molecular flexibility index (Phi) is 18.7. The summed E-state index contributed by atoms with van der Waals surface area (Å²) in [5, 5.41) is 26.1. The Hall–Kier alpha value is -3.95. The van der Waals surface area contributed by atoms with E-state index in [4.69, 9.17) is 9.94 Å². The number of hydrogen-bond acceptors (Lipinski definition) is 7. The van der Waals surface area contributed by atoms with E-state index in [1.54, 1.807) is 31.4 Å². The van der Waals surface area contributed by atoms with Crippen LogP contribution in [0.3, 0.4) is 0 Å². The molecule has 2 atom stereocenters. The topological polar surface area (TPSA) is 116 Å². The minimum atomic E-state index is -1.12. The van der Waals surface area contributed by atoms with Crippen molar-refractivity contribution in [1.29, 1.82) is 0 Å². The summed E-state index contributed by atoms with van der Waals surface area (Å²) in [6, 6.07) is 8.18. The number of aryl methyl sites for hydroxylation is 1. The van der Waals surface area contributed by atoms with E-state index in [0.717, 1.165) is 18.4 Å². The van der Waals surface area contributed by atoms with Gasteiger partial charge in [0.15, 0.2) is 0 Å². The minimum Gasteiger partial charge on any atom is -0.481 e. The van der Waals surface area contributed by atoms with Gasteiger partial charge in [0.05, 0.1) is 18.2 Å². The van der Waals surface area contributed by atoms with Crippen molar-refractivity contribution in [2.45, 2.75) is 71.4 Å². The smallest absolute Gasteiger partial charge is 0.303 e. The molecular weight excluding hydrogens is 535 g/mol. The fourth-order valence-electron chi connectivity index (χ4n) is 4.10. The van der Waals surface area contributed by atoms with E-state index in [1.807, 2.05) is 12.1 Å². The van der Waals surface area contributed by atoms with Crippen LogP contribution >= 0.6 is 0 Å². The maximum absolute atomic E-state index is 13.3. The quantitative estimate of drug-likeness (QED) is 0.0391. The number of carboxylic acid groups (broad SMARTS) is 1. The molecule has 1 aromatic carbocycles. The summed E-state index contributed by atoms with van der Waals surface area (Å²) in [5.41, 5.74) is 3.22. The number of carboxylic acids is 1. The molecule has 0 aliphatic carbocycles. The van der Waals surface area contributed by atoms with Crippen molar-refractivity contribution >= 4 is 24.8 Å². The summed E-state index contributed by atoms with van der Waals surface area (Å²) >= 11 is 0. The molecule has 0 saturated carbocycles. The average molecular weight is 581 g/mol. The van der Waals surface area contributed by atoms with Gasteiger partial charge in [0, 0.05) is 31.5 Å². The SMILES string of the molecule is C=C/C(=C(\C=C\CN=C(ON=C)C(CC)c1ccccc1CC)N=CCCCCC(=O)O)C(O)NC/C=C\C(F)=C/C. The first-order valence-corrected chi connectivity index (χ1v) is 14.2. The number of aliphatic imine (C=N–C) groups is 2. The lowest BCUT2D eigenvalue weighted by atomic mass is 9.91. The molecule has 0 fully saturated rings. The second-order valence-corrected chi connectivity index (χ2v) is 9.20. The monoisotopic (exact) mass is 580 g/mol. The van der Waals surface area contributed by atoms with Crippen LogP contribution in [0.1, 0.15) is 69.9 Å². The third-order valence-electron chi connectivity index (χ3n) is 6.30. The van der Waals surface area contributed by atoms with Gasteiger partial charge >= 0.3 is 5.97 Å². The van der Waals surface area contributed by atoms with Crippen molar-refractivity contribution < 1.29 is 24.2 Å². The fraction of sp³-hybridized carbons (Fsp3) is 0.394. The molecule has 9 heteroatoms. The molecule has 3 N–H and O–H groups in total. The van der Waals surface area contributed by atoms with E-state index < -0.39 is 12.2 Å². The van der Waals surface area contributed by atoms with Gasteiger partial charge in [-0.2, -0.15) is 0 Å². The number of oxime groups is 1. The predicted octanol–water partition coefficient (Wildman–Crippen LogP) is 6.82. The standard InChI is InChI=1S/C33H45FN4O4/c1-6-25-17-12-13-19-29(25)27(8-3)33(42-35-5)38-24-16-20-30(36-22-14-10-11-21-31(39)40)28(9-4)32(41)37-23-15-18-26(34)7-2/h7,9,12-13,15-20,22,27,32,37,41H,4-6,8,10-11,14,21,23-24H2,1-3H3,(H,39,40)/b18-15-,20-16+,26-7+,30-28-,36-22?,38-33?. The summed E-state index contributed by atoms with van der Waals surface area (Å²) < 4.78 is 13.3. The normalized spacial score (nSPS) is 14.8. The van der Waals surface area contributed by atoms with Gasteiger partial charge in [-0.25, -0.2) is 9.38 Å². The fourth-order valence-corrected chi connectivity index (χ4v) is 4.10. The number of allylic oxidation sites excluding steroid dienone is 4. The van der Waals surface area contributed by atoms with Crippen LogP contribution in [0.25, 0.3) is 0 Å². The second-order valence-electron chi connectivity index (χ2n) is 9.20. The number of aliphatic hydroxyl groups excluding tert-OH is 1. The summed E-state index contributed by atoms with van der Waals surface area (Å²) in [6.07, 6.45) is 13.3. The van der Waals surface area contributed by atoms with Crippen LogP contribution in [-0.4, -0.2) is 54.3 Å². The highest BCUT2D eigenvalue weighted by Gasteiger charge is 2.21. The van der Waals surface area contributed by atoms with Gasteiger partial charge in [0.2, 0.25) is 5.90 Å². The van der Waals surface area contributed by atoms with Crippen LogP contribution in [0.4, 0.5) is 4.39 Å². The maximum atomic E-state index is 13.3. The molecule has 0 bridgehead atoms. The average Bonchev–Trinajstić information content (AvgIpc) is 2.99. The van der Waals surface area contributed by atoms with Gasteiger partial charge < -0.3 is 15.1 Å². The highest BCUT2D eigenvalue weighted by molar-refractivity contribution is 5.84. The number of rotatable bonds is 20. The Morgan fingerprint density at radius 3 is 2.60 bits per heavy atom. The molecule has 8 nitrogen and oxygen atoms in total. The van der Waals surface area contributed by atoms with Crippen LogP contribution in [0, 0.1) is 0 Å². The molecular formula is C33H45FN4O4. The largest absolute Gasteiger partial charge is 0.481 e. The molecule has 0 spiro atoms. The zero-order chi connectivity index (χ0) is 31.2. The van der Waals surface area contributed by atoms with Gasteiger partial charge in [0.1, 0.15) is 12.1 Å². The Balaban J connectivity index is 3.22. The molecule has 0 amide bonds. The van der Waals surface area contributed by atoms with Crippen molar-refractivity contribution in [3.05, 3.63) is 95.5 Å². The number of nitrogens with zero attached hydrogens (tertiary/aromatic N) is 3. The van der Waals surface area contributed by atoms with Gasteiger partial charge in [-0.15, -0.1) is 0 Å². The molecule has 228 valence electrons. The zero-order valence-electron chi connectivity index (χ0n) is 25.0. The Labute approximate surface area is 249 Å². The molecule has 0 aromatic heterocycles. The molecule has 0 heterocycles. The first-order chi connectivity index (χ1) is 20.3.